The molecule has 9 nitrogen and oxygen atoms in total. The molecule has 0 radical (unpaired) electrons. The summed E-state index contributed by atoms with van der Waals surface area (Å²) in [5.74, 6) is 0.260. The maximum atomic E-state index is 11.6. The summed E-state index contributed by atoms with van der Waals surface area (Å²) in [6.45, 7) is 0.840. The van der Waals surface area contributed by atoms with Crippen LogP contribution in [-0.2, 0) is 11.3 Å². The maximum Gasteiger partial charge on any atom is 0.290 e. The molecule has 10 heteroatoms. The number of non-ortho nitro benzene ring substituents is 1. The summed E-state index contributed by atoms with van der Waals surface area (Å²) in [6.07, 6.45) is 3.23. The Balaban J connectivity index is 1.37. The van der Waals surface area contributed by atoms with Gasteiger partial charge in [-0.25, -0.2) is 0 Å². The van der Waals surface area contributed by atoms with Gasteiger partial charge in [-0.3, -0.25) is 29.7 Å². The topological polar surface area (TPSA) is 116 Å². The van der Waals surface area contributed by atoms with Gasteiger partial charge in [-0.05, 0) is 41.6 Å². The van der Waals surface area contributed by atoms with Crippen molar-refractivity contribution in [2.75, 3.05) is 6.61 Å². The molecule has 2 heterocycles. The Bertz CT molecular complexity index is 1150. The second-order valence-electron chi connectivity index (χ2n) is 6.14. The van der Waals surface area contributed by atoms with E-state index in [2.05, 4.69) is 10.4 Å². The Morgan fingerprint density at radius 1 is 1.21 bits per heavy atom. The molecule has 1 aliphatic rings. The first-order valence-electron chi connectivity index (χ1n) is 8.57. The predicted molar refractivity (Wildman–Crippen MR) is 107 cm³/mol. The average molecular weight is 410 g/mol. The highest BCUT2D eigenvalue weighted by Crippen LogP contribution is 2.26. The summed E-state index contributed by atoms with van der Waals surface area (Å²) >= 11 is 0.872. The Hall–Kier alpha value is -3.66. The van der Waals surface area contributed by atoms with Gasteiger partial charge >= 0.3 is 0 Å². The van der Waals surface area contributed by atoms with Gasteiger partial charge in [-0.1, -0.05) is 12.1 Å². The fourth-order valence-corrected chi connectivity index (χ4v) is 3.53. The van der Waals surface area contributed by atoms with Crippen molar-refractivity contribution in [2.45, 2.75) is 6.54 Å². The van der Waals surface area contributed by atoms with E-state index in [1.807, 2.05) is 0 Å². The van der Waals surface area contributed by atoms with Gasteiger partial charge in [0.05, 0.1) is 28.1 Å². The minimum atomic E-state index is -0.435. The van der Waals surface area contributed by atoms with Crippen molar-refractivity contribution in [3.63, 3.8) is 0 Å². The Morgan fingerprint density at radius 2 is 2.00 bits per heavy atom. The van der Waals surface area contributed by atoms with Crippen LogP contribution >= 0.6 is 11.8 Å². The molecule has 146 valence electrons. The molecule has 1 aromatic heterocycles. The van der Waals surface area contributed by atoms with Gasteiger partial charge in [0.1, 0.15) is 12.4 Å². The SMILES string of the molecule is O=C1NC(=O)/C(=C/c2ccc(OCCn3ncc4cc([N+](=O)[O-])ccc43)cc2)S1. The van der Waals surface area contributed by atoms with Crippen LogP contribution in [0.3, 0.4) is 0 Å². The number of ether oxygens (including phenoxy) is 1. The molecule has 2 amide bonds. The number of hydrogen-bond donors (Lipinski definition) is 1. The lowest BCUT2D eigenvalue weighted by Gasteiger charge is -2.07. The quantitative estimate of drug-likeness (QED) is 0.376. The summed E-state index contributed by atoms with van der Waals surface area (Å²) in [7, 11) is 0. The number of imide groups is 1. The number of nitro groups is 1. The number of rotatable bonds is 6. The molecule has 0 bridgehead atoms. The third-order valence-corrected chi connectivity index (χ3v) is 5.04. The summed E-state index contributed by atoms with van der Waals surface area (Å²) in [6, 6.07) is 11.7. The molecule has 1 saturated heterocycles. The second-order valence-corrected chi connectivity index (χ2v) is 7.15. The lowest BCUT2D eigenvalue weighted by Crippen LogP contribution is -2.17. The zero-order chi connectivity index (χ0) is 20.4. The van der Waals surface area contributed by atoms with E-state index in [-0.39, 0.29) is 10.9 Å². The third kappa shape index (κ3) is 4.11. The summed E-state index contributed by atoms with van der Waals surface area (Å²) in [5, 5.41) is 17.6. The fraction of sp³-hybridized carbons (Fsp3) is 0.105. The van der Waals surface area contributed by atoms with E-state index in [1.54, 1.807) is 47.3 Å². The number of nitrogens with zero attached hydrogens (tertiary/aromatic N) is 3. The van der Waals surface area contributed by atoms with Gasteiger partial charge in [0.15, 0.2) is 0 Å². The number of amides is 2. The number of benzene rings is 2. The smallest absolute Gasteiger partial charge is 0.290 e. The van der Waals surface area contributed by atoms with Crippen molar-refractivity contribution >= 4 is 45.6 Å². The second kappa shape index (κ2) is 7.76. The molecule has 29 heavy (non-hydrogen) atoms. The van der Waals surface area contributed by atoms with E-state index in [4.69, 9.17) is 4.74 Å². The first-order chi connectivity index (χ1) is 14.0. The number of carbonyl (C=O) groups excluding carboxylic acids is 2. The number of hydrogen-bond acceptors (Lipinski definition) is 7. The van der Waals surface area contributed by atoms with Gasteiger partial charge in [-0.2, -0.15) is 5.10 Å². The first kappa shape index (κ1) is 18.7. The number of nitro benzene ring substituents is 1. The van der Waals surface area contributed by atoms with Gasteiger partial charge in [0.25, 0.3) is 16.8 Å². The lowest BCUT2D eigenvalue weighted by atomic mass is 10.2. The normalized spacial score (nSPS) is 15.1. The number of carbonyl (C=O) groups is 2. The van der Waals surface area contributed by atoms with Crippen LogP contribution in [0.4, 0.5) is 10.5 Å². The van der Waals surface area contributed by atoms with Gasteiger partial charge in [-0.15, -0.1) is 0 Å². The highest BCUT2D eigenvalue weighted by molar-refractivity contribution is 8.18. The number of thioether (sulfide) groups is 1. The molecular weight excluding hydrogens is 396 g/mol. The molecule has 1 fully saturated rings. The van der Waals surface area contributed by atoms with Gasteiger partial charge in [0, 0.05) is 17.5 Å². The van der Waals surface area contributed by atoms with E-state index in [0.29, 0.717) is 29.2 Å². The van der Waals surface area contributed by atoms with E-state index in [0.717, 1.165) is 22.8 Å². The summed E-state index contributed by atoms with van der Waals surface area (Å²) in [4.78, 5) is 33.5. The third-order valence-electron chi connectivity index (χ3n) is 4.23. The van der Waals surface area contributed by atoms with Crippen LogP contribution in [0, 0.1) is 10.1 Å². The maximum absolute atomic E-state index is 11.6. The van der Waals surface area contributed by atoms with Crippen molar-refractivity contribution < 1.29 is 19.2 Å². The van der Waals surface area contributed by atoms with Crippen LogP contribution in [0.25, 0.3) is 17.0 Å². The van der Waals surface area contributed by atoms with Crippen LogP contribution in [0.2, 0.25) is 0 Å². The predicted octanol–water partition coefficient (Wildman–Crippen LogP) is 3.35. The number of aromatic nitrogens is 2. The largest absolute Gasteiger partial charge is 0.492 e. The molecule has 1 N–H and O–H groups in total. The van der Waals surface area contributed by atoms with Crippen molar-refractivity contribution in [2.24, 2.45) is 0 Å². The van der Waals surface area contributed by atoms with E-state index in [1.165, 1.54) is 12.1 Å². The minimum absolute atomic E-state index is 0.0289. The standard InChI is InChI=1S/C19H14N4O5S/c24-18-17(29-19(25)21-18)9-12-1-4-15(5-2-12)28-8-7-22-16-6-3-14(23(26)27)10-13(16)11-20-22/h1-6,9-11H,7-8H2,(H,21,24,25)/b17-9-. The Kier molecular flexibility index (Phi) is 5.00. The van der Waals surface area contributed by atoms with Crippen LogP contribution in [0.15, 0.2) is 53.6 Å². The van der Waals surface area contributed by atoms with Gasteiger partial charge in [0.2, 0.25) is 0 Å². The molecule has 0 unspecified atom stereocenters. The summed E-state index contributed by atoms with van der Waals surface area (Å²) < 4.78 is 7.45. The van der Waals surface area contributed by atoms with Crippen molar-refractivity contribution in [1.82, 2.24) is 15.1 Å². The zero-order valence-electron chi connectivity index (χ0n) is 14.9. The molecule has 0 atom stereocenters. The number of nitrogens with one attached hydrogen (secondary N) is 1. The molecule has 1 aliphatic heterocycles. The van der Waals surface area contributed by atoms with Crippen LogP contribution in [0.5, 0.6) is 5.75 Å². The highest BCUT2D eigenvalue weighted by atomic mass is 32.2. The molecular formula is C19H14N4O5S. The van der Waals surface area contributed by atoms with E-state index >= 15 is 0 Å². The highest BCUT2D eigenvalue weighted by Gasteiger charge is 2.24. The van der Waals surface area contributed by atoms with E-state index in [9.17, 15) is 19.7 Å². The lowest BCUT2D eigenvalue weighted by molar-refractivity contribution is -0.384. The minimum Gasteiger partial charge on any atom is -0.492 e. The van der Waals surface area contributed by atoms with Crippen LogP contribution in [-0.4, -0.2) is 32.5 Å². The van der Waals surface area contributed by atoms with Gasteiger partial charge < -0.3 is 4.74 Å². The monoisotopic (exact) mass is 410 g/mol. The average Bonchev–Trinajstić information content (AvgIpc) is 3.25. The Labute approximate surface area is 168 Å². The Morgan fingerprint density at radius 3 is 2.69 bits per heavy atom. The van der Waals surface area contributed by atoms with E-state index < -0.39 is 10.8 Å². The molecule has 0 saturated carbocycles. The summed E-state index contributed by atoms with van der Waals surface area (Å²) in [5.41, 5.74) is 1.61. The molecule has 4 rings (SSSR count). The van der Waals surface area contributed by atoms with Crippen LogP contribution < -0.4 is 10.1 Å². The number of fused-ring (bicyclic) bond motifs is 1. The van der Waals surface area contributed by atoms with Crippen LogP contribution in [0.1, 0.15) is 5.56 Å². The van der Waals surface area contributed by atoms with Crippen molar-refractivity contribution in [3.05, 3.63) is 69.2 Å². The molecule has 2 aromatic carbocycles. The zero-order valence-corrected chi connectivity index (χ0v) is 15.7. The molecule has 0 aliphatic carbocycles. The molecule has 0 spiro atoms. The molecule has 3 aromatic rings. The van der Waals surface area contributed by atoms with Crippen molar-refractivity contribution in [1.29, 1.82) is 0 Å². The first-order valence-corrected chi connectivity index (χ1v) is 9.39. The fourth-order valence-electron chi connectivity index (χ4n) is 2.85. The van der Waals surface area contributed by atoms with Crippen molar-refractivity contribution in [3.8, 4) is 5.75 Å².